The lowest BCUT2D eigenvalue weighted by molar-refractivity contribution is -0.311. The number of hydrogen-bond acceptors (Lipinski definition) is 9. The van der Waals surface area contributed by atoms with Gasteiger partial charge >= 0.3 is 5.97 Å². The molecular weight excluding hydrogens is 512 g/mol. The first-order chi connectivity index (χ1) is 18.6. The van der Waals surface area contributed by atoms with Crippen LogP contribution >= 0.6 is 0 Å². The predicted molar refractivity (Wildman–Crippen MR) is 139 cm³/mol. The van der Waals surface area contributed by atoms with Crippen LogP contribution in [-0.2, 0) is 30.4 Å². The van der Waals surface area contributed by atoms with E-state index < -0.39 is 61.1 Å². The molecule has 12 heteroatoms. The Kier molecular flexibility index (Phi) is 13.8. The first kappa shape index (κ1) is 32.6. The van der Waals surface area contributed by atoms with Gasteiger partial charge in [-0.25, -0.2) is 4.79 Å². The zero-order valence-electron chi connectivity index (χ0n) is 22.3. The summed E-state index contributed by atoms with van der Waals surface area (Å²) in [5.41, 5.74) is 1.05. The topological polar surface area (TPSA) is 195 Å². The maximum Gasteiger partial charge on any atom is 0.364 e. The van der Waals surface area contributed by atoms with Crippen LogP contribution in [0.3, 0.4) is 0 Å². The van der Waals surface area contributed by atoms with Gasteiger partial charge in [0.1, 0.15) is 18.3 Å². The van der Waals surface area contributed by atoms with E-state index in [1.165, 1.54) is 6.92 Å². The second-order valence-electron chi connectivity index (χ2n) is 9.86. The van der Waals surface area contributed by atoms with Gasteiger partial charge in [-0.1, -0.05) is 56.0 Å². The lowest BCUT2D eigenvalue weighted by Gasteiger charge is -2.46. The molecule has 1 aromatic carbocycles. The summed E-state index contributed by atoms with van der Waals surface area (Å²) >= 11 is 0. The summed E-state index contributed by atoms with van der Waals surface area (Å²) < 4.78 is 11.1. The zero-order valence-corrected chi connectivity index (χ0v) is 22.3. The SMILES string of the molecule is CC(=O)NC1C(O)CC(OCCCCCCCCC(=O)NCc2ccccc2)(C(=O)O)OC1[C@H](O)[C@H](O)CO. The van der Waals surface area contributed by atoms with Crippen LogP contribution < -0.4 is 10.6 Å². The predicted octanol–water partition coefficient (Wildman–Crippen LogP) is 0.200. The van der Waals surface area contributed by atoms with E-state index in [9.17, 15) is 39.9 Å². The molecule has 0 aliphatic carbocycles. The first-order valence-corrected chi connectivity index (χ1v) is 13.4. The average molecular weight is 555 g/mol. The lowest BCUT2D eigenvalue weighted by Crippen LogP contribution is -2.67. The fourth-order valence-corrected chi connectivity index (χ4v) is 4.49. The second-order valence-corrected chi connectivity index (χ2v) is 9.86. The monoisotopic (exact) mass is 554 g/mol. The molecule has 1 aliphatic heterocycles. The molecule has 0 radical (unpaired) electrons. The molecule has 39 heavy (non-hydrogen) atoms. The third-order valence-electron chi connectivity index (χ3n) is 6.65. The van der Waals surface area contributed by atoms with Crippen molar-refractivity contribution < 1.29 is 49.4 Å². The van der Waals surface area contributed by atoms with E-state index in [1.807, 2.05) is 30.3 Å². The van der Waals surface area contributed by atoms with Crippen molar-refractivity contribution in [2.45, 2.75) is 101 Å². The van der Waals surface area contributed by atoms with Gasteiger partial charge in [-0.2, -0.15) is 0 Å². The van der Waals surface area contributed by atoms with Gasteiger partial charge in [-0.3, -0.25) is 9.59 Å². The lowest BCUT2D eigenvalue weighted by atomic mass is 9.88. The van der Waals surface area contributed by atoms with Crippen molar-refractivity contribution in [3.8, 4) is 0 Å². The summed E-state index contributed by atoms with van der Waals surface area (Å²) in [5.74, 6) is -4.38. The molecule has 220 valence electrons. The molecule has 1 saturated heterocycles. The molecule has 6 atom stereocenters. The first-order valence-electron chi connectivity index (χ1n) is 13.4. The summed E-state index contributed by atoms with van der Waals surface area (Å²) in [6.07, 6.45) is -1.93. The van der Waals surface area contributed by atoms with E-state index >= 15 is 0 Å². The minimum atomic E-state index is -2.30. The number of aliphatic hydroxyl groups excluding tert-OH is 4. The molecule has 0 spiro atoms. The van der Waals surface area contributed by atoms with E-state index in [0.717, 1.165) is 37.7 Å². The number of carbonyl (C=O) groups excluding carboxylic acids is 2. The largest absolute Gasteiger partial charge is 0.477 e. The molecule has 1 fully saturated rings. The number of benzene rings is 1. The number of amides is 2. The number of carbonyl (C=O) groups is 3. The Balaban J connectivity index is 1.74. The molecule has 2 amide bonds. The van der Waals surface area contributed by atoms with E-state index in [-0.39, 0.29) is 12.5 Å². The van der Waals surface area contributed by atoms with E-state index in [0.29, 0.717) is 19.4 Å². The Morgan fingerprint density at radius 1 is 1.08 bits per heavy atom. The van der Waals surface area contributed by atoms with Crippen molar-refractivity contribution in [2.24, 2.45) is 0 Å². The number of carboxylic acid groups (broad SMARTS) is 1. The van der Waals surface area contributed by atoms with Crippen LogP contribution in [0.15, 0.2) is 30.3 Å². The highest BCUT2D eigenvalue weighted by atomic mass is 16.7. The number of nitrogens with one attached hydrogen (secondary N) is 2. The Labute approximate surface area is 228 Å². The van der Waals surface area contributed by atoms with Gasteiger partial charge in [0.15, 0.2) is 0 Å². The van der Waals surface area contributed by atoms with Gasteiger partial charge < -0.3 is 45.6 Å². The minimum absolute atomic E-state index is 0.00289. The van der Waals surface area contributed by atoms with Crippen molar-refractivity contribution >= 4 is 17.8 Å². The molecule has 1 aliphatic rings. The van der Waals surface area contributed by atoms with Crippen LogP contribution in [0.2, 0.25) is 0 Å². The maximum atomic E-state index is 12.1. The van der Waals surface area contributed by atoms with Gasteiger partial charge in [0, 0.05) is 26.3 Å². The van der Waals surface area contributed by atoms with Crippen LogP contribution in [0.25, 0.3) is 0 Å². The molecule has 7 N–H and O–H groups in total. The Morgan fingerprint density at radius 2 is 1.72 bits per heavy atom. The molecule has 0 saturated carbocycles. The number of rotatable bonds is 17. The van der Waals surface area contributed by atoms with Crippen LogP contribution in [0.5, 0.6) is 0 Å². The van der Waals surface area contributed by atoms with Crippen molar-refractivity contribution in [1.82, 2.24) is 10.6 Å². The summed E-state index contributed by atoms with van der Waals surface area (Å²) in [6.45, 7) is 0.836. The Morgan fingerprint density at radius 3 is 2.33 bits per heavy atom. The van der Waals surface area contributed by atoms with Crippen molar-refractivity contribution in [3.05, 3.63) is 35.9 Å². The van der Waals surface area contributed by atoms with Gasteiger partial charge in [-0.15, -0.1) is 0 Å². The van der Waals surface area contributed by atoms with Crippen LogP contribution in [0, 0.1) is 0 Å². The van der Waals surface area contributed by atoms with Gasteiger partial charge in [0.05, 0.1) is 25.4 Å². The molecule has 0 bridgehead atoms. The van der Waals surface area contributed by atoms with Gasteiger partial charge in [0.2, 0.25) is 11.8 Å². The molecule has 1 heterocycles. The van der Waals surface area contributed by atoms with Gasteiger partial charge in [0.25, 0.3) is 5.79 Å². The summed E-state index contributed by atoms with van der Waals surface area (Å²) in [5, 5.41) is 55.2. The number of unbranched alkanes of at least 4 members (excludes halogenated alkanes) is 5. The molecule has 0 aromatic heterocycles. The van der Waals surface area contributed by atoms with Gasteiger partial charge in [-0.05, 0) is 18.4 Å². The summed E-state index contributed by atoms with van der Waals surface area (Å²) in [4.78, 5) is 35.7. The highest BCUT2D eigenvalue weighted by Crippen LogP contribution is 2.33. The fraction of sp³-hybridized carbons (Fsp3) is 0.667. The van der Waals surface area contributed by atoms with Crippen molar-refractivity contribution in [1.29, 1.82) is 0 Å². The quantitative estimate of drug-likeness (QED) is 0.131. The summed E-state index contributed by atoms with van der Waals surface area (Å²) in [6, 6.07) is 8.46. The average Bonchev–Trinajstić information content (AvgIpc) is 2.91. The Bertz CT molecular complexity index is 902. The zero-order chi connectivity index (χ0) is 28.8. The molecule has 12 nitrogen and oxygen atoms in total. The third-order valence-corrected chi connectivity index (χ3v) is 6.65. The van der Waals surface area contributed by atoms with E-state index in [1.54, 1.807) is 0 Å². The maximum absolute atomic E-state index is 12.1. The number of ether oxygens (including phenoxy) is 2. The highest BCUT2D eigenvalue weighted by Gasteiger charge is 2.55. The summed E-state index contributed by atoms with van der Waals surface area (Å²) in [7, 11) is 0. The minimum Gasteiger partial charge on any atom is -0.477 e. The van der Waals surface area contributed by atoms with Crippen molar-refractivity contribution in [3.63, 3.8) is 0 Å². The number of aliphatic hydroxyl groups is 4. The third kappa shape index (κ3) is 10.5. The van der Waals surface area contributed by atoms with E-state index in [4.69, 9.17) is 9.47 Å². The highest BCUT2D eigenvalue weighted by molar-refractivity contribution is 5.77. The number of carboxylic acids is 1. The fourth-order valence-electron chi connectivity index (χ4n) is 4.49. The second kappa shape index (κ2) is 16.5. The number of hydrogen-bond donors (Lipinski definition) is 7. The normalized spacial score (nSPS) is 24.5. The molecular formula is C27H42N2O10. The smallest absolute Gasteiger partial charge is 0.364 e. The Hall–Kier alpha value is -2.61. The number of aliphatic carboxylic acids is 1. The van der Waals surface area contributed by atoms with E-state index in [2.05, 4.69) is 10.6 Å². The van der Waals surface area contributed by atoms with Crippen molar-refractivity contribution in [2.75, 3.05) is 13.2 Å². The van der Waals surface area contributed by atoms with Crippen LogP contribution in [0.4, 0.5) is 0 Å². The molecule has 2 rings (SSSR count). The molecule has 4 unspecified atom stereocenters. The van der Waals surface area contributed by atoms with Crippen LogP contribution in [0.1, 0.15) is 63.9 Å². The molecule has 1 aromatic rings. The van der Waals surface area contributed by atoms with Crippen LogP contribution in [-0.4, -0.2) is 92.8 Å². The standard InChI is InChI=1S/C27H42N2O10/c1-18(31)29-23-20(32)15-27(26(36)37,39-25(23)24(35)21(33)17-30)38-14-10-5-3-2-4-9-13-22(34)28-16-19-11-7-6-8-12-19/h6-8,11-12,20-21,23-25,30,32-33,35H,2-5,9-10,13-17H2,1H3,(H,28,34)(H,29,31)(H,36,37)/t20?,21-,23?,24-,25?,27?/m1/s1.